The highest BCUT2D eigenvalue weighted by Crippen LogP contribution is 1.64. The molecule has 0 bridgehead atoms. The van der Waals surface area contributed by atoms with Gasteiger partial charge in [-0.1, -0.05) is 0 Å². The zero-order chi connectivity index (χ0) is 7.66. The summed E-state index contributed by atoms with van der Waals surface area (Å²) in [5.74, 6) is 0. The Morgan fingerprint density at radius 3 is 2.70 bits per heavy atom. The molecule has 0 amide bonds. The first-order valence-corrected chi connectivity index (χ1v) is 2.89. The molecule has 0 spiro atoms. The summed E-state index contributed by atoms with van der Waals surface area (Å²) in [5, 5.41) is 6.21. The molecule has 0 radical (unpaired) electrons. The lowest BCUT2D eigenvalue weighted by Gasteiger charge is -1.58. The second-order valence-electron chi connectivity index (χ2n) is 1.33. The van der Waals surface area contributed by atoms with Crippen molar-refractivity contribution in [1.29, 1.82) is 0 Å². The molecule has 0 aliphatic heterocycles. The lowest BCUT2D eigenvalue weighted by Crippen LogP contribution is -1.58. The molecule has 0 fully saturated rings. The van der Waals surface area contributed by atoms with Crippen molar-refractivity contribution in [2.45, 2.75) is 6.92 Å². The molecule has 10 heavy (non-hydrogen) atoms. The summed E-state index contributed by atoms with van der Waals surface area (Å²) in [7, 11) is 0. The molecule has 1 N–H and O–H groups in total. The van der Waals surface area contributed by atoms with Crippen molar-refractivity contribution in [2.24, 2.45) is 4.99 Å². The Kier molecular flexibility index (Phi) is 6.52. The molecule has 54 valence electrons. The molecular formula is C6H9N3O. The van der Waals surface area contributed by atoms with E-state index in [1.807, 2.05) is 6.07 Å². The molecule has 0 aliphatic carbocycles. The fourth-order valence-electron chi connectivity index (χ4n) is 0.280. The van der Waals surface area contributed by atoms with Crippen molar-refractivity contribution in [3.63, 3.8) is 0 Å². The van der Waals surface area contributed by atoms with Crippen molar-refractivity contribution in [3.05, 3.63) is 18.5 Å². The van der Waals surface area contributed by atoms with Crippen molar-refractivity contribution >= 4 is 6.08 Å². The fraction of sp³-hybridized carbons (Fsp3) is 0.333. The molecule has 0 atom stereocenters. The SMILES string of the molecule is CCN=C=O.c1cn[nH]c1. The summed E-state index contributed by atoms with van der Waals surface area (Å²) in [4.78, 5) is 12.3. The third-order valence-corrected chi connectivity index (χ3v) is 0.629. The van der Waals surface area contributed by atoms with E-state index in [-0.39, 0.29) is 0 Å². The number of nitrogens with one attached hydrogen (secondary N) is 1. The van der Waals surface area contributed by atoms with E-state index in [9.17, 15) is 0 Å². The van der Waals surface area contributed by atoms with Gasteiger partial charge in [0.2, 0.25) is 6.08 Å². The predicted molar refractivity (Wildman–Crippen MR) is 37.3 cm³/mol. The van der Waals surface area contributed by atoms with E-state index in [0.717, 1.165) is 0 Å². The van der Waals surface area contributed by atoms with Gasteiger partial charge in [0.15, 0.2) is 0 Å². The van der Waals surface area contributed by atoms with E-state index < -0.39 is 0 Å². The molecule has 4 nitrogen and oxygen atoms in total. The molecule has 0 aliphatic rings. The predicted octanol–water partition coefficient (Wildman–Crippen LogP) is 0.752. The first-order valence-electron chi connectivity index (χ1n) is 2.89. The maximum Gasteiger partial charge on any atom is 0.234 e. The van der Waals surface area contributed by atoms with Crippen LogP contribution in [0.15, 0.2) is 23.5 Å². The Morgan fingerprint density at radius 2 is 2.60 bits per heavy atom. The van der Waals surface area contributed by atoms with Crippen LogP contribution in [0.25, 0.3) is 0 Å². The molecule has 1 aromatic heterocycles. The highest BCUT2D eigenvalue weighted by Gasteiger charge is 1.56. The van der Waals surface area contributed by atoms with Gasteiger partial charge in [0, 0.05) is 18.9 Å². The van der Waals surface area contributed by atoms with Gasteiger partial charge in [-0.05, 0) is 13.0 Å². The van der Waals surface area contributed by atoms with Crippen molar-refractivity contribution in [3.8, 4) is 0 Å². The van der Waals surface area contributed by atoms with Crippen LogP contribution in [0.5, 0.6) is 0 Å². The Labute approximate surface area is 59.0 Å². The maximum absolute atomic E-state index is 9.11. The minimum atomic E-state index is 0.545. The first kappa shape index (κ1) is 8.59. The van der Waals surface area contributed by atoms with Gasteiger partial charge in [-0.2, -0.15) is 5.10 Å². The van der Waals surface area contributed by atoms with E-state index in [1.165, 1.54) is 6.08 Å². The highest BCUT2D eigenvalue weighted by molar-refractivity contribution is 5.32. The van der Waals surface area contributed by atoms with Crippen molar-refractivity contribution < 1.29 is 4.79 Å². The van der Waals surface area contributed by atoms with Crippen LogP contribution in [0.3, 0.4) is 0 Å². The fourth-order valence-corrected chi connectivity index (χ4v) is 0.280. The molecular weight excluding hydrogens is 130 g/mol. The Balaban J connectivity index is 0.000000162. The van der Waals surface area contributed by atoms with Crippen LogP contribution in [0.2, 0.25) is 0 Å². The maximum atomic E-state index is 9.11. The smallest absolute Gasteiger partial charge is 0.234 e. The lowest BCUT2D eigenvalue weighted by atomic mass is 10.8. The van der Waals surface area contributed by atoms with Crippen molar-refractivity contribution in [1.82, 2.24) is 10.2 Å². The summed E-state index contributed by atoms with van der Waals surface area (Å²) in [6, 6.07) is 1.83. The minimum Gasteiger partial charge on any atom is -0.286 e. The van der Waals surface area contributed by atoms with Crippen LogP contribution in [0, 0.1) is 0 Å². The monoisotopic (exact) mass is 139 g/mol. The number of aliphatic imine (C=N–C) groups is 1. The minimum absolute atomic E-state index is 0.545. The summed E-state index contributed by atoms with van der Waals surface area (Å²) >= 11 is 0. The molecule has 0 unspecified atom stereocenters. The zero-order valence-electron chi connectivity index (χ0n) is 5.74. The van der Waals surface area contributed by atoms with E-state index in [0.29, 0.717) is 6.54 Å². The molecule has 4 heteroatoms. The Morgan fingerprint density at radius 1 is 1.80 bits per heavy atom. The second-order valence-corrected chi connectivity index (χ2v) is 1.33. The lowest BCUT2D eigenvalue weighted by molar-refractivity contribution is 0.563. The number of nitrogens with zero attached hydrogens (tertiary/aromatic N) is 2. The Hall–Kier alpha value is -1.41. The van der Waals surface area contributed by atoms with Crippen molar-refractivity contribution in [2.75, 3.05) is 6.54 Å². The number of rotatable bonds is 1. The molecule has 0 aromatic carbocycles. The van der Waals surface area contributed by atoms with E-state index in [1.54, 1.807) is 19.3 Å². The van der Waals surface area contributed by atoms with Crippen LogP contribution in [-0.2, 0) is 4.79 Å². The van der Waals surface area contributed by atoms with Gasteiger partial charge < -0.3 is 0 Å². The number of hydrogen-bond donors (Lipinski definition) is 1. The third-order valence-electron chi connectivity index (χ3n) is 0.629. The van der Waals surface area contributed by atoms with E-state index in [2.05, 4.69) is 15.2 Å². The number of hydrogen-bond acceptors (Lipinski definition) is 3. The second kappa shape index (κ2) is 7.59. The number of H-pyrrole nitrogens is 1. The van der Waals surface area contributed by atoms with E-state index >= 15 is 0 Å². The van der Waals surface area contributed by atoms with Crippen LogP contribution in [-0.4, -0.2) is 22.8 Å². The van der Waals surface area contributed by atoms with Gasteiger partial charge in [-0.3, -0.25) is 5.10 Å². The topological polar surface area (TPSA) is 58.1 Å². The number of isocyanates is 1. The number of aromatic nitrogens is 2. The van der Waals surface area contributed by atoms with Crippen LogP contribution in [0.4, 0.5) is 0 Å². The van der Waals surface area contributed by atoms with Gasteiger partial charge in [0.05, 0.1) is 0 Å². The molecule has 1 heterocycles. The van der Waals surface area contributed by atoms with Gasteiger partial charge in [0.1, 0.15) is 0 Å². The summed E-state index contributed by atoms with van der Waals surface area (Å²) < 4.78 is 0. The van der Waals surface area contributed by atoms with Crippen LogP contribution < -0.4 is 0 Å². The normalized spacial score (nSPS) is 6.90. The first-order chi connectivity index (χ1) is 4.91. The van der Waals surface area contributed by atoms with E-state index in [4.69, 9.17) is 4.79 Å². The van der Waals surface area contributed by atoms with Gasteiger partial charge in [-0.15, -0.1) is 0 Å². The standard InChI is InChI=1S/C3H4N2.C3H5NO/c1-2-4-5-3-1;1-2-4-3-5/h1-3H,(H,4,5);2H2,1H3. The largest absolute Gasteiger partial charge is 0.286 e. The quantitative estimate of drug-likeness (QED) is 0.461. The third kappa shape index (κ3) is 6.59. The molecule has 0 saturated carbocycles. The van der Waals surface area contributed by atoms with Gasteiger partial charge in [0.25, 0.3) is 0 Å². The molecule has 0 saturated heterocycles. The number of carbonyl (C=O) groups excluding carboxylic acids is 1. The average molecular weight is 139 g/mol. The average Bonchev–Trinajstić information content (AvgIpc) is 2.44. The summed E-state index contributed by atoms with van der Waals surface area (Å²) in [6.45, 7) is 2.33. The van der Waals surface area contributed by atoms with Crippen LogP contribution >= 0.6 is 0 Å². The number of aromatic amines is 1. The van der Waals surface area contributed by atoms with Crippen LogP contribution in [0.1, 0.15) is 6.92 Å². The summed E-state index contributed by atoms with van der Waals surface area (Å²) in [5.41, 5.74) is 0. The molecule has 1 aromatic rings. The van der Waals surface area contributed by atoms with Gasteiger partial charge in [-0.25, -0.2) is 9.79 Å². The molecule has 1 rings (SSSR count). The Bertz CT molecular complexity index is 160. The summed E-state index contributed by atoms with van der Waals surface area (Å²) in [6.07, 6.45) is 4.85. The highest BCUT2D eigenvalue weighted by atomic mass is 16.1. The van der Waals surface area contributed by atoms with Gasteiger partial charge >= 0.3 is 0 Å². The zero-order valence-corrected chi connectivity index (χ0v) is 5.74.